The van der Waals surface area contributed by atoms with Gasteiger partial charge in [0, 0.05) is 16.9 Å². The van der Waals surface area contributed by atoms with Crippen LogP contribution in [0.25, 0.3) is 0 Å². The number of methoxy groups -OCH3 is 1. The van der Waals surface area contributed by atoms with Crippen molar-refractivity contribution in [2.24, 2.45) is 0 Å². The summed E-state index contributed by atoms with van der Waals surface area (Å²) in [5.41, 5.74) is 0.0473. The lowest BCUT2D eigenvalue weighted by molar-refractivity contribution is -0.308. The lowest BCUT2D eigenvalue weighted by Gasteiger charge is -2.48. The molecular weight excluding hydrogens is 725 g/mol. The fraction of sp³-hybridized carbons (Fsp3) is 0.622. The van der Waals surface area contributed by atoms with E-state index in [1.165, 1.54) is 56.7 Å². The molecule has 9 nitrogen and oxygen atoms in total. The summed E-state index contributed by atoms with van der Waals surface area (Å²) in [6.45, 7) is 1.93. The summed E-state index contributed by atoms with van der Waals surface area (Å²) in [7, 11) is 1.59. The van der Waals surface area contributed by atoms with E-state index in [4.69, 9.17) is 63.2 Å². The quantitative estimate of drug-likeness (QED) is 0.0850. The Kier molecular flexibility index (Phi) is 17.6. The Morgan fingerprint density at radius 3 is 2.14 bits per heavy atom. The molecule has 6 atom stereocenters. The molecule has 2 aromatic rings. The minimum Gasteiger partial charge on any atom is -0.497 e. The van der Waals surface area contributed by atoms with E-state index in [2.05, 4.69) is 12.2 Å². The van der Waals surface area contributed by atoms with Gasteiger partial charge in [0.05, 0.1) is 13.7 Å². The van der Waals surface area contributed by atoms with Crippen molar-refractivity contribution in [1.29, 1.82) is 0 Å². The van der Waals surface area contributed by atoms with Crippen molar-refractivity contribution < 1.29 is 38.0 Å². The van der Waals surface area contributed by atoms with Crippen molar-refractivity contribution in [1.82, 2.24) is 5.32 Å². The summed E-state index contributed by atoms with van der Waals surface area (Å²) in [6.07, 6.45) is 9.18. The second-order valence-corrected chi connectivity index (χ2v) is 16.3. The van der Waals surface area contributed by atoms with Gasteiger partial charge in [-0.2, -0.15) is 0 Å². The molecule has 0 bridgehead atoms. The van der Waals surface area contributed by atoms with Gasteiger partial charge in [-0.25, -0.2) is 4.79 Å². The fourth-order valence-corrected chi connectivity index (χ4v) is 7.31. The van der Waals surface area contributed by atoms with Gasteiger partial charge in [-0.05, 0) is 30.7 Å². The number of carbonyl (C=O) groups is 2. The number of rotatable bonds is 19. The molecule has 0 saturated carbocycles. The van der Waals surface area contributed by atoms with Crippen LogP contribution in [0.3, 0.4) is 0 Å². The molecule has 2 heterocycles. The molecule has 2 aliphatic heterocycles. The molecule has 4 rings (SSSR count). The number of benzene rings is 2. The standard InChI is InChI=1S/C37H50Cl3NO8S/c1-3-4-5-6-7-8-9-10-11-12-16-19-30(42)48-33-31(41-36(43)46-25-37(38,39)40)35(50-28-17-14-13-15-18-28)47-29-24-45-34(49-32(29)33)26-20-22-27(44-2)23-21-26/h13-15,17-18,20-23,29,31-35H,3-12,16,19,24-25H2,1-2H3,(H,41,43)/t29-,31-,32-,33-,34?,35+/m1/s1. The average Bonchev–Trinajstić information content (AvgIpc) is 3.11. The first-order valence-corrected chi connectivity index (χ1v) is 19.7. The Balaban J connectivity index is 1.46. The van der Waals surface area contributed by atoms with Crippen molar-refractivity contribution in [3.63, 3.8) is 0 Å². The molecule has 0 aromatic heterocycles. The molecule has 0 spiro atoms. The van der Waals surface area contributed by atoms with E-state index in [0.717, 1.165) is 29.7 Å². The Hall–Kier alpha value is -1.92. The van der Waals surface area contributed by atoms with Crippen LogP contribution >= 0.6 is 46.6 Å². The predicted molar refractivity (Wildman–Crippen MR) is 197 cm³/mol. The molecule has 278 valence electrons. The maximum Gasteiger partial charge on any atom is 0.407 e. The summed E-state index contributed by atoms with van der Waals surface area (Å²) in [5, 5.41) is 2.83. The maximum absolute atomic E-state index is 13.5. The smallest absolute Gasteiger partial charge is 0.407 e. The van der Waals surface area contributed by atoms with Crippen LogP contribution in [0, 0.1) is 0 Å². The highest BCUT2D eigenvalue weighted by Crippen LogP contribution is 2.40. The van der Waals surface area contributed by atoms with E-state index in [0.29, 0.717) is 12.2 Å². The van der Waals surface area contributed by atoms with E-state index in [1.807, 2.05) is 54.6 Å². The highest BCUT2D eigenvalue weighted by molar-refractivity contribution is 7.99. The first kappa shape index (κ1) is 40.8. The van der Waals surface area contributed by atoms with Crippen LogP contribution in [-0.2, 0) is 28.5 Å². The number of nitrogens with one attached hydrogen (secondary N) is 1. The molecule has 13 heteroatoms. The minimum absolute atomic E-state index is 0.171. The number of alkyl carbamates (subject to hydrolysis) is 1. The van der Waals surface area contributed by atoms with E-state index in [9.17, 15) is 9.59 Å². The number of thioether (sulfide) groups is 1. The number of ether oxygens (including phenoxy) is 6. The zero-order valence-corrected chi connectivity index (χ0v) is 32.0. The molecule has 2 saturated heterocycles. The Labute approximate surface area is 315 Å². The number of unbranched alkanes of at least 4 members (excludes halogenated alkanes) is 10. The van der Waals surface area contributed by atoms with Crippen LogP contribution in [0.1, 0.15) is 95.8 Å². The van der Waals surface area contributed by atoms with E-state index in [1.54, 1.807) is 7.11 Å². The lowest BCUT2D eigenvalue weighted by atomic mass is 9.96. The van der Waals surface area contributed by atoms with Gasteiger partial charge in [0.25, 0.3) is 0 Å². The van der Waals surface area contributed by atoms with Crippen molar-refractivity contribution in [3.8, 4) is 5.75 Å². The number of amides is 1. The third kappa shape index (κ3) is 13.9. The number of halogens is 3. The largest absolute Gasteiger partial charge is 0.497 e. The first-order chi connectivity index (χ1) is 24.2. The van der Waals surface area contributed by atoms with Crippen molar-refractivity contribution in [2.75, 3.05) is 20.3 Å². The Morgan fingerprint density at radius 2 is 1.52 bits per heavy atom. The van der Waals surface area contributed by atoms with Gasteiger partial charge in [-0.15, -0.1) is 0 Å². The maximum atomic E-state index is 13.5. The molecule has 2 aromatic carbocycles. The Bertz CT molecular complexity index is 1290. The number of fused-ring (bicyclic) bond motifs is 1. The molecule has 0 radical (unpaired) electrons. The SMILES string of the molecule is CCCCCCCCCCCCCC(=O)O[C@@H]1[C@@H](NC(=O)OCC(Cl)(Cl)Cl)[C@H](Sc2ccccc2)O[C@@H]2COC(c3ccc(OC)cc3)O[C@@H]12. The number of alkyl halides is 3. The molecule has 50 heavy (non-hydrogen) atoms. The van der Waals surface area contributed by atoms with Gasteiger partial charge in [0.2, 0.25) is 3.79 Å². The van der Waals surface area contributed by atoms with Crippen LogP contribution < -0.4 is 10.1 Å². The van der Waals surface area contributed by atoms with Gasteiger partial charge in [0.15, 0.2) is 12.4 Å². The molecular formula is C37H50Cl3NO8S. The highest BCUT2D eigenvalue weighted by atomic mass is 35.6. The van der Waals surface area contributed by atoms with Crippen molar-refractivity contribution in [2.45, 2.75) is 129 Å². The summed E-state index contributed by atoms with van der Waals surface area (Å²) >= 11 is 18.9. The zero-order chi connectivity index (χ0) is 35.8. The van der Waals surface area contributed by atoms with Crippen molar-refractivity contribution >= 4 is 58.6 Å². The van der Waals surface area contributed by atoms with E-state index < -0.39 is 52.6 Å². The average molecular weight is 775 g/mol. The fourth-order valence-electron chi connectivity index (χ4n) is 6.00. The third-order valence-electron chi connectivity index (χ3n) is 8.63. The van der Waals surface area contributed by atoms with Gasteiger partial charge in [0.1, 0.15) is 36.0 Å². The molecule has 1 amide bonds. The van der Waals surface area contributed by atoms with Gasteiger partial charge < -0.3 is 33.7 Å². The summed E-state index contributed by atoms with van der Waals surface area (Å²) < 4.78 is 34.0. The third-order valence-corrected chi connectivity index (χ3v) is 10.1. The number of esters is 1. The van der Waals surface area contributed by atoms with Crippen LogP contribution in [0.15, 0.2) is 59.5 Å². The van der Waals surface area contributed by atoms with Crippen LogP contribution in [0.5, 0.6) is 5.75 Å². The van der Waals surface area contributed by atoms with Crippen LogP contribution in [-0.4, -0.2) is 66.0 Å². The second kappa shape index (κ2) is 21.6. The number of hydrogen-bond acceptors (Lipinski definition) is 9. The summed E-state index contributed by atoms with van der Waals surface area (Å²) in [4.78, 5) is 27.4. The van der Waals surface area contributed by atoms with Gasteiger partial charge in [-0.1, -0.05) is 148 Å². The van der Waals surface area contributed by atoms with Gasteiger partial charge >= 0.3 is 12.1 Å². The minimum atomic E-state index is -1.81. The Morgan fingerprint density at radius 1 is 0.880 bits per heavy atom. The summed E-state index contributed by atoms with van der Waals surface area (Å²) in [5.74, 6) is 0.309. The molecule has 1 N–H and O–H groups in total. The lowest BCUT2D eigenvalue weighted by Crippen LogP contribution is -2.66. The zero-order valence-electron chi connectivity index (χ0n) is 28.9. The normalized spacial score (nSPS) is 23.5. The van der Waals surface area contributed by atoms with Crippen molar-refractivity contribution in [3.05, 3.63) is 60.2 Å². The van der Waals surface area contributed by atoms with Crippen LogP contribution in [0.4, 0.5) is 4.79 Å². The predicted octanol–water partition coefficient (Wildman–Crippen LogP) is 9.70. The van der Waals surface area contributed by atoms with Crippen LogP contribution in [0.2, 0.25) is 0 Å². The molecule has 1 unspecified atom stereocenters. The molecule has 2 fully saturated rings. The first-order valence-electron chi connectivity index (χ1n) is 17.6. The monoisotopic (exact) mass is 773 g/mol. The molecule has 2 aliphatic rings. The number of hydrogen-bond donors (Lipinski definition) is 1. The van der Waals surface area contributed by atoms with E-state index >= 15 is 0 Å². The second-order valence-electron chi connectivity index (χ2n) is 12.6. The highest BCUT2D eigenvalue weighted by Gasteiger charge is 2.53. The summed E-state index contributed by atoms with van der Waals surface area (Å²) in [6, 6.07) is 16.0. The topological polar surface area (TPSA) is 102 Å². The van der Waals surface area contributed by atoms with Gasteiger partial charge in [-0.3, -0.25) is 4.79 Å². The number of carbonyl (C=O) groups excluding carboxylic acids is 2. The molecule has 0 aliphatic carbocycles. The van der Waals surface area contributed by atoms with E-state index in [-0.39, 0.29) is 19.0 Å².